The van der Waals surface area contributed by atoms with Gasteiger partial charge < -0.3 is 4.74 Å². The van der Waals surface area contributed by atoms with Gasteiger partial charge in [-0.2, -0.15) is 0 Å². The van der Waals surface area contributed by atoms with Gasteiger partial charge >= 0.3 is 5.97 Å². The van der Waals surface area contributed by atoms with Gasteiger partial charge in [0.1, 0.15) is 11.9 Å². The molecule has 0 aromatic rings. The Morgan fingerprint density at radius 1 is 1.50 bits per heavy atom. The minimum atomic E-state index is -0.214. The van der Waals surface area contributed by atoms with Gasteiger partial charge in [-0.15, -0.1) is 0 Å². The highest BCUT2D eigenvalue weighted by atomic mass is 16.5. The third-order valence-corrected chi connectivity index (χ3v) is 2.83. The lowest BCUT2D eigenvalue weighted by Gasteiger charge is -2.28. The summed E-state index contributed by atoms with van der Waals surface area (Å²) in [6, 6.07) is 0. The molecule has 1 atom stereocenters. The molecule has 1 aliphatic carbocycles. The van der Waals surface area contributed by atoms with Crippen LogP contribution >= 0.6 is 0 Å². The second-order valence-electron chi connectivity index (χ2n) is 3.93. The number of hydrogen-bond acceptors (Lipinski definition) is 3. The van der Waals surface area contributed by atoms with E-state index >= 15 is 0 Å². The summed E-state index contributed by atoms with van der Waals surface area (Å²) in [6.07, 6.45) is 3.93. The smallest absolute Gasteiger partial charge is 0.302 e. The summed E-state index contributed by atoms with van der Waals surface area (Å²) < 4.78 is 5.22. The average Bonchev–Trinajstić information content (AvgIpc) is 2.15. The van der Waals surface area contributed by atoms with Crippen molar-refractivity contribution < 1.29 is 14.3 Å². The van der Waals surface area contributed by atoms with Crippen LogP contribution in [0, 0.1) is 5.92 Å². The molecule has 80 valence electrons. The fourth-order valence-electron chi connectivity index (χ4n) is 2.06. The molecule has 1 saturated carbocycles. The Morgan fingerprint density at radius 3 is 2.50 bits per heavy atom. The maximum absolute atomic E-state index is 11.0. The van der Waals surface area contributed by atoms with Crippen LogP contribution in [0.2, 0.25) is 0 Å². The Bertz CT molecular complexity index is 213. The van der Waals surface area contributed by atoms with E-state index in [4.69, 9.17) is 4.74 Å². The monoisotopic (exact) mass is 198 g/mol. The van der Waals surface area contributed by atoms with Gasteiger partial charge in [-0.25, -0.2) is 0 Å². The maximum atomic E-state index is 11.0. The van der Waals surface area contributed by atoms with E-state index < -0.39 is 0 Å². The summed E-state index contributed by atoms with van der Waals surface area (Å²) in [5.74, 6) is 0.522. The summed E-state index contributed by atoms with van der Waals surface area (Å²) in [5, 5.41) is 0. The standard InChI is InChI=1S/C11H18O3/c1-3-11(14-8(2)12)9-4-6-10(13)7-5-9/h9,11H,3-7H2,1-2H3. The normalized spacial score (nSPS) is 20.6. The average molecular weight is 198 g/mol. The number of Topliss-reactive ketones (excluding diaryl/α,β-unsaturated/α-hetero) is 1. The Kier molecular flexibility index (Phi) is 4.11. The van der Waals surface area contributed by atoms with Crippen molar-refractivity contribution >= 4 is 11.8 Å². The highest BCUT2D eigenvalue weighted by Gasteiger charge is 2.27. The van der Waals surface area contributed by atoms with Gasteiger partial charge in [0, 0.05) is 19.8 Å². The molecule has 0 aromatic heterocycles. The van der Waals surface area contributed by atoms with Crippen LogP contribution in [-0.2, 0) is 14.3 Å². The van der Waals surface area contributed by atoms with Gasteiger partial charge in [-0.1, -0.05) is 6.92 Å². The first-order valence-electron chi connectivity index (χ1n) is 5.32. The molecule has 3 nitrogen and oxygen atoms in total. The summed E-state index contributed by atoms with van der Waals surface area (Å²) in [7, 11) is 0. The number of esters is 1. The first-order valence-corrected chi connectivity index (χ1v) is 5.32. The second-order valence-corrected chi connectivity index (χ2v) is 3.93. The first kappa shape index (κ1) is 11.2. The summed E-state index contributed by atoms with van der Waals surface area (Å²) in [5.41, 5.74) is 0. The molecule has 3 heteroatoms. The van der Waals surface area contributed by atoms with Crippen molar-refractivity contribution in [2.24, 2.45) is 5.92 Å². The number of rotatable bonds is 3. The molecule has 1 fully saturated rings. The zero-order valence-electron chi connectivity index (χ0n) is 8.91. The van der Waals surface area contributed by atoms with Crippen molar-refractivity contribution in [3.63, 3.8) is 0 Å². The number of carbonyl (C=O) groups excluding carboxylic acids is 2. The number of ether oxygens (including phenoxy) is 1. The molecule has 0 heterocycles. The van der Waals surface area contributed by atoms with Crippen molar-refractivity contribution in [1.29, 1.82) is 0 Å². The molecule has 0 radical (unpaired) electrons. The van der Waals surface area contributed by atoms with E-state index in [0.717, 1.165) is 19.3 Å². The Labute approximate surface area is 84.8 Å². The SMILES string of the molecule is CCC(OC(C)=O)C1CCC(=O)CC1. The molecule has 14 heavy (non-hydrogen) atoms. The highest BCUT2D eigenvalue weighted by Crippen LogP contribution is 2.27. The van der Waals surface area contributed by atoms with E-state index in [9.17, 15) is 9.59 Å². The largest absolute Gasteiger partial charge is 0.462 e. The van der Waals surface area contributed by atoms with E-state index in [1.165, 1.54) is 6.92 Å². The number of hydrogen-bond donors (Lipinski definition) is 0. The Balaban J connectivity index is 2.44. The van der Waals surface area contributed by atoms with Gasteiger partial charge in [-0.3, -0.25) is 9.59 Å². The Hall–Kier alpha value is -0.860. The maximum Gasteiger partial charge on any atom is 0.302 e. The van der Waals surface area contributed by atoms with Crippen LogP contribution in [0.15, 0.2) is 0 Å². The minimum absolute atomic E-state index is 0.0144. The Morgan fingerprint density at radius 2 is 2.07 bits per heavy atom. The van der Waals surface area contributed by atoms with Crippen molar-refractivity contribution in [1.82, 2.24) is 0 Å². The summed E-state index contributed by atoms with van der Waals surface area (Å²) in [4.78, 5) is 21.9. The predicted octanol–water partition coefficient (Wildman–Crippen LogP) is 2.09. The quantitative estimate of drug-likeness (QED) is 0.652. The van der Waals surface area contributed by atoms with Gasteiger partial charge in [-0.05, 0) is 25.2 Å². The molecule has 0 spiro atoms. The summed E-state index contributed by atoms with van der Waals surface area (Å²) in [6.45, 7) is 3.46. The van der Waals surface area contributed by atoms with E-state index in [0.29, 0.717) is 24.5 Å². The molecule has 1 unspecified atom stereocenters. The van der Waals surface area contributed by atoms with Crippen molar-refractivity contribution in [3.05, 3.63) is 0 Å². The third-order valence-electron chi connectivity index (χ3n) is 2.83. The van der Waals surface area contributed by atoms with E-state index in [1.54, 1.807) is 0 Å². The van der Waals surface area contributed by atoms with Gasteiger partial charge in [0.05, 0.1) is 0 Å². The molecule has 1 aliphatic rings. The van der Waals surface area contributed by atoms with Crippen molar-refractivity contribution in [2.75, 3.05) is 0 Å². The number of ketones is 1. The van der Waals surface area contributed by atoms with Crippen molar-refractivity contribution in [2.45, 2.75) is 52.1 Å². The minimum Gasteiger partial charge on any atom is -0.462 e. The highest BCUT2D eigenvalue weighted by molar-refractivity contribution is 5.79. The number of carbonyl (C=O) groups is 2. The lowest BCUT2D eigenvalue weighted by Crippen LogP contribution is -2.29. The van der Waals surface area contributed by atoms with E-state index in [2.05, 4.69) is 0 Å². The molecule has 1 rings (SSSR count). The molecule has 0 aromatic carbocycles. The topological polar surface area (TPSA) is 43.4 Å². The molecule has 0 N–H and O–H groups in total. The third kappa shape index (κ3) is 3.13. The van der Waals surface area contributed by atoms with Crippen LogP contribution in [0.25, 0.3) is 0 Å². The van der Waals surface area contributed by atoms with E-state index in [1.807, 2.05) is 6.92 Å². The van der Waals surface area contributed by atoms with Crippen LogP contribution in [0.4, 0.5) is 0 Å². The molecular weight excluding hydrogens is 180 g/mol. The molecule has 0 amide bonds. The van der Waals surface area contributed by atoms with Crippen LogP contribution in [0.5, 0.6) is 0 Å². The van der Waals surface area contributed by atoms with Gasteiger partial charge in [0.2, 0.25) is 0 Å². The zero-order chi connectivity index (χ0) is 10.6. The molecular formula is C11H18O3. The lowest BCUT2D eigenvalue weighted by atomic mass is 9.83. The predicted molar refractivity (Wildman–Crippen MR) is 52.8 cm³/mol. The van der Waals surface area contributed by atoms with Crippen molar-refractivity contribution in [3.8, 4) is 0 Å². The fraction of sp³-hybridized carbons (Fsp3) is 0.818. The fourth-order valence-corrected chi connectivity index (χ4v) is 2.06. The molecule has 0 saturated heterocycles. The molecule has 0 bridgehead atoms. The zero-order valence-corrected chi connectivity index (χ0v) is 8.91. The van der Waals surface area contributed by atoms with Gasteiger partial charge in [0.15, 0.2) is 0 Å². The van der Waals surface area contributed by atoms with Crippen LogP contribution in [0.1, 0.15) is 46.0 Å². The first-order chi connectivity index (χ1) is 6.63. The van der Waals surface area contributed by atoms with Gasteiger partial charge in [0.25, 0.3) is 0 Å². The second kappa shape index (κ2) is 5.13. The van der Waals surface area contributed by atoms with Crippen LogP contribution in [0.3, 0.4) is 0 Å². The van der Waals surface area contributed by atoms with E-state index in [-0.39, 0.29) is 12.1 Å². The lowest BCUT2D eigenvalue weighted by molar-refractivity contribution is -0.150. The van der Waals surface area contributed by atoms with Crippen LogP contribution in [-0.4, -0.2) is 17.9 Å². The van der Waals surface area contributed by atoms with Crippen LogP contribution < -0.4 is 0 Å². The molecule has 0 aliphatic heterocycles. The summed E-state index contributed by atoms with van der Waals surface area (Å²) >= 11 is 0.